The minimum absolute atomic E-state index is 0. The summed E-state index contributed by atoms with van der Waals surface area (Å²) in [5, 5.41) is 22.1. The maximum atomic E-state index is 13.2. The van der Waals surface area contributed by atoms with Crippen LogP contribution in [0.4, 0.5) is 18.9 Å². The Balaban J connectivity index is 0.00000112. The number of carbonyl (C=O) groups excluding carboxylic acids is 2. The van der Waals surface area contributed by atoms with Gasteiger partial charge in [0.2, 0.25) is 0 Å². The van der Waals surface area contributed by atoms with Crippen LogP contribution in [0.2, 0.25) is 0 Å². The summed E-state index contributed by atoms with van der Waals surface area (Å²) in [6, 6.07) is 13.3. The average molecular weight is 539 g/mol. The van der Waals surface area contributed by atoms with E-state index in [-0.39, 0.29) is 51.6 Å². The molecule has 0 saturated carbocycles. The highest BCUT2D eigenvalue weighted by Gasteiger charge is 2.40. The molecule has 202 valence electrons. The predicted octanol–water partition coefficient (Wildman–Crippen LogP) is 4.77. The number of fused-ring (bicyclic) bond motifs is 2. The van der Waals surface area contributed by atoms with E-state index in [4.69, 9.17) is 14.6 Å². The Bertz CT molecular complexity index is 1550. The van der Waals surface area contributed by atoms with Crippen molar-refractivity contribution in [3.63, 3.8) is 0 Å². The van der Waals surface area contributed by atoms with Crippen molar-refractivity contribution in [1.82, 2.24) is 0 Å². The Morgan fingerprint density at radius 3 is 2.15 bits per heavy atom. The maximum Gasteiger partial charge on any atom is 0.416 e. The second-order valence-corrected chi connectivity index (χ2v) is 8.38. The molecular formula is C28H22F3N2O6-. The Hall–Kier alpha value is -4.64. The van der Waals surface area contributed by atoms with Crippen molar-refractivity contribution in [2.75, 3.05) is 18.6 Å². The zero-order valence-corrected chi connectivity index (χ0v) is 21.0. The summed E-state index contributed by atoms with van der Waals surface area (Å²) in [6.07, 6.45) is -3.38. The lowest BCUT2D eigenvalue weighted by molar-refractivity contribution is -0.576. The van der Waals surface area contributed by atoms with Gasteiger partial charge in [0.25, 0.3) is 17.3 Å². The molecule has 39 heavy (non-hydrogen) atoms. The molecule has 0 atom stereocenters. The van der Waals surface area contributed by atoms with Crippen LogP contribution >= 0.6 is 0 Å². The zero-order chi connectivity index (χ0) is 28.5. The van der Waals surface area contributed by atoms with Gasteiger partial charge in [0.05, 0.1) is 29.2 Å². The predicted molar refractivity (Wildman–Crippen MR) is 134 cm³/mol. The van der Waals surface area contributed by atoms with Crippen LogP contribution in [-0.4, -0.2) is 25.5 Å². The van der Waals surface area contributed by atoms with E-state index in [9.17, 15) is 28.0 Å². The standard InChI is InChI=1S/C26H17F3N2O5.C2H5O/c1-14-10-11-30(34)22-19(31-24(32)17-8-3-4-9-18(17)25(31)33)13-20(35-2)23(21(14)22)36-16-7-5-6-15(12-16)26(27,28)29;1-2-3/h3-13H,1-2H3;2H2,1H3/q;-1. The summed E-state index contributed by atoms with van der Waals surface area (Å²) in [5.41, 5.74) is -0.152. The number of anilines is 1. The van der Waals surface area contributed by atoms with Crippen molar-refractivity contribution in [2.24, 2.45) is 0 Å². The number of amides is 2. The second-order valence-electron chi connectivity index (χ2n) is 8.38. The van der Waals surface area contributed by atoms with E-state index in [1.165, 1.54) is 49.7 Å². The normalized spacial score (nSPS) is 12.7. The number of hydrogen-bond donors (Lipinski definition) is 0. The van der Waals surface area contributed by atoms with Crippen LogP contribution in [0.15, 0.2) is 66.9 Å². The van der Waals surface area contributed by atoms with Gasteiger partial charge in [-0.2, -0.15) is 17.9 Å². The third kappa shape index (κ3) is 4.96. The SMILES string of the molecule is CC[O-].COc1cc(N2C(=O)c3ccccc3C2=O)c2c(c(C)cc[n+]2[O-])c1Oc1cccc(C(F)(F)F)c1. The molecule has 5 rings (SSSR count). The van der Waals surface area contributed by atoms with Gasteiger partial charge in [-0.3, -0.25) is 9.59 Å². The number of carbonyl (C=O) groups is 2. The van der Waals surface area contributed by atoms with Crippen molar-refractivity contribution in [3.05, 3.63) is 94.3 Å². The van der Waals surface area contributed by atoms with Crippen LogP contribution in [0, 0.1) is 12.1 Å². The van der Waals surface area contributed by atoms with Gasteiger partial charge in [0.15, 0.2) is 17.7 Å². The molecule has 2 heterocycles. The van der Waals surface area contributed by atoms with Crippen LogP contribution < -0.4 is 24.2 Å². The average Bonchev–Trinajstić information content (AvgIpc) is 3.16. The summed E-state index contributed by atoms with van der Waals surface area (Å²) in [6.45, 7) is 3.23. The third-order valence-electron chi connectivity index (χ3n) is 5.91. The number of ether oxygens (including phenoxy) is 2. The molecule has 2 amide bonds. The largest absolute Gasteiger partial charge is 0.855 e. The van der Waals surface area contributed by atoms with E-state index >= 15 is 0 Å². The Morgan fingerprint density at radius 2 is 1.59 bits per heavy atom. The number of alkyl halides is 3. The van der Waals surface area contributed by atoms with Crippen molar-refractivity contribution < 1.29 is 42.1 Å². The van der Waals surface area contributed by atoms with Crippen LogP contribution in [0.3, 0.4) is 0 Å². The van der Waals surface area contributed by atoms with E-state index in [1.807, 2.05) is 0 Å². The molecule has 0 saturated heterocycles. The lowest BCUT2D eigenvalue weighted by Gasteiger charge is -2.20. The van der Waals surface area contributed by atoms with Gasteiger partial charge < -0.3 is 19.8 Å². The first-order valence-electron chi connectivity index (χ1n) is 11.7. The second kappa shape index (κ2) is 10.6. The molecule has 0 spiro atoms. The van der Waals surface area contributed by atoms with Crippen molar-refractivity contribution >= 4 is 28.4 Å². The molecule has 0 bridgehead atoms. The van der Waals surface area contributed by atoms with Gasteiger partial charge in [-0.15, -0.1) is 6.61 Å². The van der Waals surface area contributed by atoms with E-state index in [0.717, 1.165) is 17.0 Å². The summed E-state index contributed by atoms with van der Waals surface area (Å²) in [5.74, 6) is -1.40. The van der Waals surface area contributed by atoms with Gasteiger partial charge in [0.1, 0.15) is 11.4 Å². The molecule has 0 fully saturated rings. The highest BCUT2D eigenvalue weighted by Crippen LogP contribution is 2.45. The number of aryl methyl sites for hydroxylation is 1. The van der Waals surface area contributed by atoms with E-state index < -0.39 is 23.6 Å². The Morgan fingerprint density at radius 1 is 0.974 bits per heavy atom. The van der Waals surface area contributed by atoms with Crippen LogP contribution in [-0.2, 0) is 6.18 Å². The monoisotopic (exact) mass is 539 g/mol. The van der Waals surface area contributed by atoms with E-state index in [2.05, 4.69) is 0 Å². The fraction of sp³-hybridized carbons (Fsp3) is 0.179. The number of benzene rings is 3. The van der Waals surface area contributed by atoms with E-state index in [1.54, 1.807) is 26.0 Å². The summed E-state index contributed by atoms with van der Waals surface area (Å²) in [7, 11) is 1.30. The Kier molecular flexibility index (Phi) is 7.46. The summed E-state index contributed by atoms with van der Waals surface area (Å²) >= 11 is 0. The highest BCUT2D eigenvalue weighted by molar-refractivity contribution is 6.36. The van der Waals surface area contributed by atoms with Crippen LogP contribution in [0.1, 0.15) is 38.8 Å². The molecule has 0 unspecified atom stereocenters. The summed E-state index contributed by atoms with van der Waals surface area (Å²) < 4.78 is 51.5. The Labute approximate surface area is 221 Å². The molecule has 0 N–H and O–H groups in total. The van der Waals surface area contributed by atoms with Crippen molar-refractivity contribution in [1.29, 1.82) is 0 Å². The van der Waals surface area contributed by atoms with Gasteiger partial charge in [-0.05, 0) is 42.8 Å². The minimum atomic E-state index is -4.59. The maximum absolute atomic E-state index is 13.2. The van der Waals surface area contributed by atoms with Gasteiger partial charge in [-0.1, -0.05) is 25.1 Å². The number of halogens is 3. The molecule has 3 aromatic carbocycles. The quantitative estimate of drug-likeness (QED) is 0.210. The first-order valence-corrected chi connectivity index (χ1v) is 11.7. The number of methoxy groups -OCH3 is 1. The third-order valence-corrected chi connectivity index (χ3v) is 5.91. The lowest BCUT2D eigenvalue weighted by atomic mass is 10.1. The summed E-state index contributed by atoms with van der Waals surface area (Å²) in [4.78, 5) is 27.2. The van der Waals surface area contributed by atoms with Gasteiger partial charge >= 0.3 is 6.18 Å². The fourth-order valence-corrected chi connectivity index (χ4v) is 4.23. The molecule has 4 aromatic rings. The number of aromatic nitrogens is 1. The number of rotatable bonds is 4. The molecule has 0 aliphatic carbocycles. The molecule has 1 aliphatic heterocycles. The van der Waals surface area contributed by atoms with Crippen LogP contribution in [0.25, 0.3) is 10.9 Å². The first kappa shape index (κ1) is 27.4. The zero-order valence-electron chi connectivity index (χ0n) is 21.0. The smallest absolute Gasteiger partial charge is 0.416 e. The van der Waals surface area contributed by atoms with Crippen molar-refractivity contribution in [3.8, 4) is 17.2 Å². The molecule has 0 radical (unpaired) electrons. The lowest BCUT2D eigenvalue weighted by Crippen LogP contribution is -2.34. The number of hydrogen-bond acceptors (Lipinski definition) is 6. The molecular weight excluding hydrogens is 517 g/mol. The minimum Gasteiger partial charge on any atom is -0.855 e. The van der Waals surface area contributed by atoms with Gasteiger partial charge in [0, 0.05) is 12.1 Å². The fourth-order valence-electron chi connectivity index (χ4n) is 4.23. The van der Waals surface area contributed by atoms with E-state index in [0.29, 0.717) is 10.3 Å². The first-order chi connectivity index (χ1) is 18.5. The number of nitrogens with zero attached hydrogens (tertiary/aromatic N) is 2. The molecule has 11 heteroatoms. The molecule has 8 nitrogen and oxygen atoms in total. The highest BCUT2D eigenvalue weighted by atomic mass is 19.4. The molecule has 1 aliphatic rings. The number of pyridine rings is 1. The number of imide groups is 1. The topological polar surface area (TPSA) is 106 Å². The molecule has 1 aromatic heterocycles. The van der Waals surface area contributed by atoms with Gasteiger partial charge in [-0.25, -0.2) is 4.90 Å². The van der Waals surface area contributed by atoms with Crippen LogP contribution in [0.5, 0.6) is 17.2 Å². The van der Waals surface area contributed by atoms with Crippen molar-refractivity contribution in [2.45, 2.75) is 20.0 Å².